The van der Waals surface area contributed by atoms with Crippen LogP contribution in [0, 0.1) is 0 Å². The lowest BCUT2D eigenvalue weighted by Crippen LogP contribution is -2.23. The van der Waals surface area contributed by atoms with Crippen LogP contribution in [0.5, 0.6) is 0 Å². The Morgan fingerprint density at radius 3 is 2.83 bits per heavy atom. The smallest absolute Gasteiger partial charge is 0.141 e. The Kier molecular flexibility index (Phi) is 5.61. The van der Waals surface area contributed by atoms with E-state index >= 15 is 0 Å². The van der Waals surface area contributed by atoms with E-state index < -0.39 is 0 Å². The SMILES string of the molecule is COCCNCc1ncnn1C1CCCCCC1. The third-order valence-electron chi connectivity index (χ3n) is 3.58. The van der Waals surface area contributed by atoms with Crippen molar-refractivity contribution in [1.82, 2.24) is 20.1 Å². The number of hydrogen-bond acceptors (Lipinski definition) is 4. The van der Waals surface area contributed by atoms with Crippen LogP contribution in [-0.4, -0.2) is 35.0 Å². The van der Waals surface area contributed by atoms with E-state index in [2.05, 4.69) is 20.1 Å². The van der Waals surface area contributed by atoms with Crippen molar-refractivity contribution in [3.8, 4) is 0 Å². The molecule has 0 aliphatic heterocycles. The molecule has 1 aliphatic rings. The summed E-state index contributed by atoms with van der Waals surface area (Å²) in [5.74, 6) is 1.05. The van der Waals surface area contributed by atoms with Gasteiger partial charge in [0.1, 0.15) is 12.2 Å². The first-order chi connectivity index (χ1) is 8.92. The van der Waals surface area contributed by atoms with E-state index in [0.29, 0.717) is 6.04 Å². The van der Waals surface area contributed by atoms with Crippen molar-refractivity contribution in [3.05, 3.63) is 12.2 Å². The minimum absolute atomic E-state index is 0.550. The van der Waals surface area contributed by atoms with Crippen molar-refractivity contribution in [2.24, 2.45) is 0 Å². The Bertz CT molecular complexity index is 331. The number of nitrogens with zero attached hydrogens (tertiary/aromatic N) is 3. The average molecular weight is 252 g/mol. The third-order valence-corrected chi connectivity index (χ3v) is 3.58. The van der Waals surface area contributed by atoms with Crippen molar-refractivity contribution < 1.29 is 4.74 Å². The molecule has 1 N–H and O–H groups in total. The van der Waals surface area contributed by atoms with Crippen LogP contribution >= 0.6 is 0 Å². The summed E-state index contributed by atoms with van der Waals surface area (Å²) >= 11 is 0. The van der Waals surface area contributed by atoms with Crippen LogP contribution in [0.4, 0.5) is 0 Å². The van der Waals surface area contributed by atoms with E-state index in [-0.39, 0.29) is 0 Å². The first-order valence-corrected chi connectivity index (χ1v) is 7.00. The molecule has 1 aliphatic carbocycles. The van der Waals surface area contributed by atoms with Gasteiger partial charge in [0.15, 0.2) is 0 Å². The molecule has 102 valence electrons. The lowest BCUT2D eigenvalue weighted by Gasteiger charge is -2.17. The molecule has 1 fully saturated rings. The third kappa shape index (κ3) is 3.78. The molecule has 0 unspecified atom stereocenters. The molecule has 1 aromatic heterocycles. The molecule has 1 saturated carbocycles. The van der Waals surface area contributed by atoms with Crippen LogP contribution < -0.4 is 5.32 Å². The van der Waals surface area contributed by atoms with E-state index in [0.717, 1.165) is 25.5 Å². The van der Waals surface area contributed by atoms with Crippen LogP contribution in [0.3, 0.4) is 0 Å². The summed E-state index contributed by atoms with van der Waals surface area (Å²) in [6.07, 6.45) is 9.54. The summed E-state index contributed by atoms with van der Waals surface area (Å²) in [5, 5.41) is 7.75. The zero-order valence-corrected chi connectivity index (χ0v) is 11.3. The second kappa shape index (κ2) is 7.48. The summed E-state index contributed by atoms with van der Waals surface area (Å²) in [6, 6.07) is 0.550. The Labute approximate surface area is 109 Å². The molecular weight excluding hydrogens is 228 g/mol. The maximum absolute atomic E-state index is 5.02. The minimum atomic E-state index is 0.550. The van der Waals surface area contributed by atoms with Gasteiger partial charge in [-0.2, -0.15) is 5.10 Å². The molecule has 2 rings (SSSR count). The van der Waals surface area contributed by atoms with Crippen LogP contribution in [0.15, 0.2) is 6.33 Å². The summed E-state index contributed by atoms with van der Waals surface area (Å²) in [6.45, 7) is 2.37. The van der Waals surface area contributed by atoms with E-state index in [4.69, 9.17) is 4.74 Å². The number of methoxy groups -OCH3 is 1. The van der Waals surface area contributed by atoms with E-state index in [1.54, 1.807) is 13.4 Å². The number of ether oxygens (including phenoxy) is 1. The van der Waals surface area contributed by atoms with Gasteiger partial charge in [0.25, 0.3) is 0 Å². The molecule has 18 heavy (non-hydrogen) atoms. The predicted molar refractivity (Wildman–Crippen MR) is 70.3 cm³/mol. The molecule has 0 saturated heterocycles. The molecule has 1 heterocycles. The zero-order valence-electron chi connectivity index (χ0n) is 11.3. The molecular formula is C13H24N4O. The highest BCUT2D eigenvalue weighted by Crippen LogP contribution is 2.26. The standard InChI is InChI=1S/C13H24N4O/c1-18-9-8-14-10-13-15-11-16-17(13)12-6-4-2-3-5-7-12/h11-12,14H,2-10H2,1H3. The summed E-state index contributed by atoms with van der Waals surface area (Å²) < 4.78 is 7.15. The Balaban J connectivity index is 1.89. The quantitative estimate of drug-likeness (QED) is 0.620. The number of aromatic nitrogens is 3. The number of hydrogen-bond donors (Lipinski definition) is 1. The second-order valence-electron chi connectivity index (χ2n) is 4.94. The Morgan fingerprint density at radius 1 is 1.33 bits per heavy atom. The molecule has 0 spiro atoms. The van der Waals surface area contributed by atoms with E-state index in [9.17, 15) is 0 Å². The highest BCUT2D eigenvalue weighted by Gasteiger charge is 2.17. The maximum atomic E-state index is 5.02. The molecule has 5 heteroatoms. The van der Waals surface area contributed by atoms with Gasteiger partial charge in [0.2, 0.25) is 0 Å². The Hall–Kier alpha value is -0.940. The second-order valence-corrected chi connectivity index (χ2v) is 4.94. The highest BCUT2D eigenvalue weighted by molar-refractivity contribution is 4.88. The highest BCUT2D eigenvalue weighted by atomic mass is 16.5. The first-order valence-electron chi connectivity index (χ1n) is 7.00. The van der Waals surface area contributed by atoms with Gasteiger partial charge in [0.05, 0.1) is 19.2 Å². The van der Waals surface area contributed by atoms with Crippen molar-refractivity contribution in [2.75, 3.05) is 20.3 Å². The lowest BCUT2D eigenvalue weighted by molar-refractivity contribution is 0.198. The van der Waals surface area contributed by atoms with E-state index in [1.165, 1.54) is 38.5 Å². The van der Waals surface area contributed by atoms with Crippen molar-refractivity contribution >= 4 is 0 Å². The average Bonchev–Trinajstić information content (AvgIpc) is 2.68. The predicted octanol–water partition coefficient (Wildman–Crippen LogP) is 1.91. The van der Waals surface area contributed by atoms with Gasteiger partial charge in [-0.1, -0.05) is 25.7 Å². The number of rotatable bonds is 6. The lowest BCUT2D eigenvalue weighted by atomic mass is 10.1. The van der Waals surface area contributed by atoms with Crippen molar-refractivity contribution in [2.45, 2.75) is 51.1 Å². The fraction of sp³-hybridized carbons (Fsp3) is 0.846. The summed E-state index contributed by atoms with van der Waals surface area (Å²) in [7, 11) is 1.72. The minimum Gasteiger partial charge on any atom is -0.383 e. The number of nitrogens with one attached hydrogen (secondary N) is 1. The normalized spacial score (nSPS) is 17.8. The molecule has 0 bridgehead atoms. The van der Waals surface area contributed by atoms with Gasteiger partial charge in [-0.15, -0.1) is 0 Å². The van der Waals surface area contributed by atoms with Gasteiger partial charge in [0, 0.05) is 13.7 Å². The maximum Gasteiger partial charge on any atom is 0.141 e. The topological polar surface area (TPSA) is 52.0 Å². The van der Waals surface area contributed by atoms with Crippen molar-refractivity contribution in [1.29, 1.82) is 0 Å². The van der Waals surface area contributed by atoms with Gasteiger partial charge < -0.3 is 10.1 Å². The van der Waals surface area contributed by atoms with Crippen LogP contribution in [0.1, 0.15) is 50.4 Å². The first kappa shape index (κ1) is 13.5. The summed E-state index contributed by atoms with van der Waals surface area (Å²) in [5.41, 5.74) is 0. The van der Waals surface area contributed by atoms with Gasteiger partial charge in [-0.3, -0.25) is 0 Å². The van der Waals surface area contributed by atoms with Crippen molar-refractivity contribution in [3.63, 3.8) is 0 Å². The van der Waals surface area contributed by atoms with E-state index in [1.807, 2.05) is 0 Å². The molecule has 0 aromatic carbocycles. The summed E-state index contributed by atoms with van der Waals surface area (Å²) in [4.78, 5) is 4.37. The monoisotopic (exact) mass is 252 g/mol. The van der Waals surface area contributed by atoms with Crippen LogP contribution in [0.2, 0.25) is 0 Å². The zero-order chi connectivity index (χ0) is 12.6. The van der Waals surface area contributed by atoms with Gasteiger partial charge in [-0.05, 0) is 12.8 Å². The fourth-order valence-electron chi connectivity index (χ4n) is 2.58. The van der Waals surface area contributed by atoms with Gasteiger partial charge in [-0.25, -0.2) is 9.67 Å². The van der Waals surface area contributed by atoms with Gasteiger partial charge >= 0.3 is 0 Å². The Morgan fingerprint density at radius 2 is 2.11 bits per heavy atom. The largest absolute Gasteiger partial charge is 0.383 e. The van der Waals surface area contributed by atoms with Crippen LogP contribution in [0.25, 0.3) is 0 Å². The van der Waals surface area contributed by atoms with Crippen LogP contribution in [-0.2, 0) is 11.3 Å². The molecule has 0 amide bonds. The molecule has 1 aromatic rings. The molecule has 0 radical (unpaired) electrons. The molecule has 0 atom stereocenters. The fourth-order valence-corrected chi connectivity index (χ4v) is 2.58. The molecule has 5 nitrogen and oxygen atoms in total.